The van der Waals surface area contributed by atoms with Crippen LogP contribution in [-0.4, -0.2) is 28.0 Å². The fraction of sp³-hybridized carbons (Fsp3) is 0.812. The second kappa shape index (κ2) is 6.54. The SMILES string of the molecule is CC1CCC(C)N(Cc2csc(CNC(C)(C)C)n2)C1. The van der Waals surface area contributed by atoms with E-state index in [2.05, 4.69) is 50.2 Å². The highest BCUT2D eigenvalue weighted by atomic mass is 32.1. The summed E-state index contributed by atoms with van der Waals surface area (Å²) in [7, 11) is 0. The van der Waals surface area contributed by atoms with Crippen LogP contribution < -0.4 is 5.32 Å². The van der Waals surface area contributed by atoms with Crippen molar-refractivity contribution in [3.05, 3.63) is 16.1 Å². The second-order valence-corrected chi connectivity index (χ2v) is 8.24. The molecule has 4 heteroatoms. The first-order chi connectivity index (χ1) is 9.33. The summed E-state index contributed by atoms with van der Waals surface area (Å²) in [6.45, 7) is 14.4. The largest absolute Gasteiger partial charge is 0.306 e. The maximum absolute atomic E-state index is 4.78. The number of aromatic nitrogens is 1. The van der Waals surface area contributed by atoms with Crippen LogP contribution in [0.4, 0.5) is 0 Å². The van der Waals surface area contributed by atoms with Crippen LogP contribution in [0.15, 0.2) is 5.38 Å². The van der Waals surface area contributed by atoms with Gasteiger partial charge < -0.3 is 5.32 Å². The van der Waals surface area contributed by atoms with Crippen molar-refractivity contribution < 1.29 is 0 Å². The Morgan fingerprint density at radius 3 is 2.80 bits per heavy atom. The monoisotopic (exact) mass is 295 g/mol. The molecule has 3 nitrogen and oxygen atoms in total. The van der Waals surface area contributed by atoms with Crippen LogP contribution in [0.5, 0.6) is 0 Å². The molecule has 2 atom stereocenters. The van der Waals surface area contributed by atoms with E-state index in [1.807, 2.05) is 0 Å². The van der Waals surface area contributed by atoms with E-state index in [1.54, 1.807) is 11.3 Å². The Labute approximate surface area is 127 Å². The number of nitrogens with zero attached hydrogens (tertiary/aromatic N) is 2. The molecule has 2 unspecified atom stereocenters. The Hall–Kier alpha value is -0.450. The summed E-state index contributed by atoms with van der Waals surface area (Å²) in [5.41, 5.74) is 1.39. The minimum atomic E-state index is 0.155. The zero-order valence-electron chi connectivity index (χ0n) is 13.6. The van der Waals surface area contributed by atoms with Crippen molar-refractivity contribution in [1.29, 1.82) is 0 Å². The molecule has 1 fully saturated rings. The fourth-order valence-corrected chi connectivity index (χ4v) is 3.38. The summed E-state index contributed by atoms with van der Waals surface area (Å²) in [5, 5.41) is 6.93. The normalized spacial score (nSPS) is 25.1. The first kappa shape index (κ1) is 15.9. The minimum Gasteiger partial charge on any atom is -0.306 e. The number of thiazole rings is 1. The van der Waals surface area contributed by atoms with Crippen LogP contribution in [0, 0.1) is 5.92 Å². The van der Waals surface area contributed by atoms with Gasteiger partial charge in [-0.15, -0.1) is 11.3 Å². The zero-order valence-corrected chi connectivity index (χ0v) is 14.4. The summed E-state index contributed by atoms with van der Waals surface area (Å²) in [5.74, 6) is 0.826. The molecule has 0 aromatic carbocycles. The van der Waals surface area contributed by atoms with E-state index in [1.165, 1.54) is 30.1 Å². The molecule has 114 valence electrons. The Kier molecular flexibility index (Phi) is 5.21. The summed E-state index contributed by atoms with van der Waals surface area (Å²) in [4.78, 5) is 7.37. The van der Waals surface area contributed by atoms with Crippen LogP contribution >= 0.6 is 11.3 Å². The third-order valence-corrected chi connectivity index (χ3v) is 4.88. The lowest BCUT2D eigenvalue weighted by atomic mass is 9.95. The average molecular weight is 295 g/mol. The molecule has 0 radical (unpaired) electrons. The van der Waals surface area contributed by atoms with E-state index in [0.717, 1.165) is 19.0 Å². The quantitative estimate of drug-likeness (QED) is 0.919. The van der Waals surface area contributed by atoms with Gasteiger partial charge in [-0.3, -0.25) is 4.90 Å². The van der Waals surface area contributed by atoms with E-state index in [9.17, 15) is 0 Å². The molecular weight excluding hydrogens is 266 g/mol. The number of piperidine rings is 1. The number of hydrogen-bond donors (Lipinski definition) is 1. The maximum Gasteiger partial charge on any atom is 0.107 e. The summed E-state index contributed by atoms with van der Waals surface area (Å²) >= 11 is 1.78. The van der Waals surface area contributed by atoms with Crippen molar-refractivity contribution in [2.45, 2.75) is 72.1 Å². The Bertz CT molecular complexity index is 422. The van der Waals surface area contributed by atoms with Crippen molar-refractivity contribution in [2.24, 2.45) is 5.92 Å². The smallest absolute Gasteiger partial charge is 0.107 e. The Balaban J connectivity index is 1.89. The van der Waals surface area contributed by atoms with Gasteiger partial charge in [0.1, 0.15) is 5.01 Å². The second-order valence-electron chi connectivity index (χ2n) is 7.30. The zero-order chi connectivity index (χ0) is 14.8. The first-order valence-corrected chi connectivity index (χ1v) is 8.64. The molecular formula is C16H29N3S. The van der Waals surface area contributed by atoms with Gasteiger partial charge in [0.15, 0.2) is 0 Å². The summed E-state index contributed by atoms with van der Waals surface area (Å²) in [6.07, 6.45) is 2.69. The van der Waals surface area contributed by atoms with Gasteiger partial charge in [-0.1, -0.05) is 6.92 Å². The van der Waals surface area contributed by atoms with E-state index in [-0.39, 0.29) is 5.54 Å². The highest BCUT2D eigenvalue weighted by Crippen LogP contribution is 2.23. The van der Waals surface area contributed by atoms with Crippen LogP contribution in [0.2, 0.25) is 0 Å². The van der Waals surface area contributed by atoms with Gasteiger partial charge in [-0.05, 0) is 46.5 Å². The molecule has 0 spiro atoms. The summed E-state index contributed by atoms with van der Waals surface area (Å²) in [6, 6.07) is 0.698. The van der Waals surface area contributed by atoms with E-state index in [4.69, 9.17) is 4.98 Å². The highest BCUT2D eigenvalue weighted by Gasteiger charge is 2.23. The molecule has 2 heterocycles. The molecule has 1 N–H and O–H groups in total. The predicted octanol–water partition coefficient (Wildman–Crippen LogP) is 3.65. The molecule has 1 saturated heterocycles. The number of rotatable bonds is 4. The van der Waals surface area contributed by atoms with E-state index < -0.39 is 0 Å². The molecule has 1 aliphatic heterocycles. The summed E-state index contributed by atoms with van der Waals surface area (Å²) < 4.78 is 0. The lowest BCUT2D eigenvalue weighted by molar-refractivity contribution is 0.116. The first-order valence-electron chi connectivity index (χ1n) is 7.76. The van der Waals surface area contributed by atoms with E-state index in [0.29, 0.717) is 6.04 Å². The molecule has 0 saturated carbocycles. The fourth-order valence-electron chi connectivity index (χ4n) is 2.65. The number of nitrogens with one attached hydrogen (secondary N) is 1. The van der Waals surface area contributed by atoms with Gasteiger partial charge >= 0.3 is 0 Å². The molecule has 0 bridgehead atoms. The molecule has 0 aliphatic carbocycles. The number of likely N-dealkylation sites (tertiary alicyclic amines) is 1. The highest BCUT2D eigenvalue weighted by molar-refractivity contribution is 7.09. The number of hydrogen-bond acceptors (Lipinski definition) is 4. The van der Waals surface area contributed by atoms with E-state index >= 15 is 0 Å². The van der Waals surface area contributed by atoms with Gasteiger partial charge in [-0.2, -0.15) is 0 Å². The van der Waals surface area contributed by atoms with Crippen LogP contribution in [0.3, 0.4) is 0 Å². The average Bonchev–Trinajstić information content (AvgIpc) is 2.78. The van der Waals surface area contributed by atoms with Crippen molar-refractivity contribution in [1.82, 2.24) is 15.2 Å². The molecule has 2 rings (SSSR count). The molecule has 1 aromatic rings. The maximum atomic E-state index is 4.78. The lowest BCUT2D eigenvalue weighted by Crippen LogP contribution is -2.40. The van der Waals surface area contributed by atoms with Crippen molar-refractivity contribution in [3.8, 4) is 0 Å². The predicted molar refractivity (Wildman–Crippen MR) is 87.0 cm³/mol. The van der Waals surface area contributed by atoms with Crippen molar-refractivity contribution >= 4 is 11.3 Å². The van der Waals surface area contributed by atoms with Crippen molar-refractivity contribution in [3.63, 3.8) is 0 Å². The topological polar surface area (TPSA) is 28.2 Å². The standard InChI is InChI=1S/C16H29N3S/c1-12-6-7-13(2)19(9-12)10-14-11-20-15(18-14)8-17-16(3,4)5/h11-13,17H,6-10H2,1-5H3. The Morgan fingerprint density at radius 1 is 1.35 bits per heavy atom. The van der Waals surface area contributed by atoms with Crippen LogP contribution in [0.25, 0.3) is 0 Å². The van der Waals surface area contributed by atoms with Gasteiger partial charge in [0.05, 0.1) is 5.69 Å². The van der Waals surface area contributed by atoms with Gasteiger partial charge in [-0.25, -0.2) is 4.98 Å². The van der Waals surface area contributed by atoms with Crippen LogP contribution in [0.1, 0.15) is 58.2 Å². The molecule has 20 heavy (non-hydrogen) atoms. The van der Waals surface area contributed by atoms with Gasteiger partial charge in [0.2, 0.25) is 0 Å². The molecule has 1 aliphatic rings. The lowest BCUT2D eigenvalue weighted by Gasteiger charge is -2.36. The third kappa shape index (κ3) is 4.83. The third-order valence-electron chi connectivity index (χ3n) is 3.98. The Morgan fingerprint density at radius 2 is 2.10 bits per heavy atom. The molecule has 1 aromatic heterocycles. The molecule has 0 amide bonds. The van der Waals surface area contributed by atoms with Crippen molar-refractivity contribution in [2.75, 3.05) is 6.54 Å². The minimum absolute atomic E-state index is 0.155. The van der Waals surface area contributed by atoms with Gasteiger partial charge in [0.25, 0.3) is 0 Å². The van der Waals surface area contributed by atoms with Gasteiger partial charge in [0, 0.05) is 36.6 Å². The van der Waals surface area contributed by atoms with Crippen LogP contribution in [-0.2, 0) is 13.1 Å².